The Morgan fingerprint density at radius 1 is 1.50 bits per heavy atom. The Bertz CT molecular complexity index is 721. The second kappa shape index (κ2) is 6.35. The van der Waals surface area contributed by atoms with Gasteiger partial charge in [-0.25, -0.2) is 10.3 Å². The number of aromatic nitrogens is 2. The van der Waals surface area contributed by atoms with Gasteiger partial charge in [0.1, 0.15) is 12.6 Å². The highest BCUT2D eigenvalue weighted by molar-refractivity contribution is 7.80. The first kappa shape index (κ1) is 16.6. The Morgan fingerprint density at radius 2 is 2.29 bits per heavy atom. The van der Waals surface area contributed by atoms with E-state index in [-0.39, 0.29) is 13.2 Å². The number of carbonyl (C=O) groups is 2. The van der Waals surface area contributed by atoms with Crippen LogP contribution in [-0.2, 0) is 30.9 Å². The third-order valence-electron chi connectivity index (χ3n) is 3.75. The highest BCUT2D eigenvalue weighted by Crippen LogP contribution is 2.30. The average Bonchev–Trinajstić information content (AvgIpc) is 3.10. The molecule has 1 unspecified atom stereocenters. The molecule has 0 aliphatic carbocycles. The smallest absolute Gasteiger partial charge is 0.309 e. The minimum Gasteiger partial charge on any atom is -0.309 e. The van der Waals surface area contributed by atoms with Crippen molar-refractivity contribution >= 4 is 22.3 Å². The lowest BCUT2D eigenvalue weighted by molar-refractivity contribution is -0.140. The first-order valence-electron chi connectivity index (χ1n) is 7.02. The molecule has 1 aromatic rings. The van der Waals surface area contributed by atoms with E-state index in [0.717, 1.165) is 0 Å². The molecule has 3 heterocycles. The summed E-state index contributed by atoms with van der Waals surface area (Å²) in [7, 11) is -4.81. The summed E-state index contributed by atoms with van der Waals surface area (Å²) in [4.78, 5) is 30.5. The van der Waals surface area contributed by atoms with Gasteiger partial charge in [-0.05, 0) is 18.9 Å². The number of nitrogens with zero attached hydrogens (tertiary/aromatic N) is 3. The molecule has 12 nitrogen and oxygen atoms in total. The zero-order valence-electron chi connectivity index (χ0n) is 12.3. The Labute approximate surface area is 136 Å². The number of piperidine rings is 1. The van der Waals surface area contributed by atoms with Gasteiger partial charge in [-0.2, -0.15) is 18.6 Å². The zero-order valence-corrected chi connectivity index (χ0v) is 13.1. The molecule has 1 aromatic heterocycles. The standard InChI is InChI=1S/C11H15N5O7S/c17-10(14-22-6-7-3-4-12-13-7)9-2-1-8-5-15(9)11(18)16(8)23-24(19,20)21/h3-4,8-9H,1-2,5-6H2,(H,12,13)(H,14,17)(H,19,20,21)/t8?,9-/m0/s1. The van der Waals surface area contributed by atoms with Crippen molar-refractivity contribution in [1.82, 2.24) is 25.6 Å². The normalized spacial score (nSPS) is 23.6. The van der Waals surface area contributed by atoms with Crippen molar-refractivity contribution in [3.05, 3.63) is 18.0 Å². The van der Waals surface area contributed by atoms with Gasteiger partial charge in [0.25, 0.3) is 5.91 Å². The molecule has 2 aliphatic rings. The molecule has 24 heavy (non-hydrogen) atoms. The minimum atomic E-state index is -4.81. The van der Waals surface area contributed by atoms with Crippen LogP contribution in [0.4, 0.5) is 4.79 Å². The number of rotatable bonds is 6. The number of hydrogen-bond acceptors (Lipinski definition) is 7. The molecule has 0 spiro atoms. The topological polar surface area (TPSA) is 154 Å². The Hall–Kier alpha value is -2.22. The lowest BCUT2D eigenvalue weighted by Gasteiger charge is -2.28. The van der Waals surface area contributed by atoms with E-state index in [4.69, 9.17) is 9.39 Å². The molecule has 3 amide bonds. The molecule has 0 radical (unpaired) electrons. The van der Waals surface area contributed by atoms with Crippen molar-refractivity contribution in [2.45, 2.75) is 31.5 Å². The maximum atomic E-state index is 12.2. The zero-order chi connectivity index (χ0) is 17.3. The third kappa shape index (κ3) is 3.48. The number of aromatic amines is 1. The summed E-state index contributed by atoms with van der Waals surface area (Å²) >= 11 is 0. The highest BCUT2D eigenvalue weighted by atomic mass is 32.3. The van der Waals surface area contributed by atoms with E-state index in [9.17, 15) is 18.0 Å². The number of urea groups is 1. The molecule has 2 fully saturated rings. The van der Waals surface area contributed by atoms with Crippen LogP contribution in [0, 0.1) is 0 Å². The molecule has 0 aromatic carbocycles. The summed E-state index contributed by atoms with van der Waals surface area (Å²) in [5.41, 5.74) is 2.83. The molecule has 0 saturated carbocycles. The van der Waals surface area contributed by atoms with Gasteiger partial charge < -0.3 is 4.90 Å². The first-order valence-corrected chi connectivity index (χ1v) is 8.39. The van der Waals surface area contributed by atoms with Gasteiger partial charge in [-0.3, -0.25) is 19.3 Å². The number of hydrogen-bond donors (Lipinski definition) is 3. The minimum absolute atomic E-state index is 0.0521. The van der Waals surface area contributed by atoms with Crippen molar-refractivity contribution in [1.29, 1.82) is 0 Å². The van der Waals surface area contributed by atoms with E-state index >= 15 is 0 Å². The monoisotopic (exact) mass is 361 g/mol. The van der Waals surface area contributed by atoms with Crippen molar-refractivity contribution in [3.63, 3.8) is 0 Å². The summed E-state index contributed by atoms with van der Waals surface area (Å²) in [6.07, 6.45) is 2.25. The fourth-order valence-corrected chi connectivity index (χ4v) is 3.11. The van der Waals surface area contributed by atoms with Crippen LogP contribution in [0.3, 0.4) is 0 Å². The molecule has 2 aliphatic heterocycles. The number of amides is 3. The van der Waals surface area contributed by atoms with Crippen LogP contribution in [0.2, 0.25) is 0 Å². The summed E-state index contributed by atoms with van der Waals surface area (Å²) in [6.45, 7) is 0.169. The van der Waals surface area contributed by atoms with E-state index in [2.05, 4.69) is 20.0 Å². The Kier molecular flexibility index (Phi) is 4.40. The molecule has 3 N–H and O–H groups in total. The van der Waals surface area contributed by atoms with Gasteiger partial charge in [0.2, 0.25) is 0 Å². The number of nitrogens with one attached hydrogen (secondary N) is 2. The molecule has 132 valence electrons. The van der Waals surface area contributed by atoms with Crippen LogP contribution in [-0.4, -0.2) is 63.7 Å². The molecule has 2 saturated heterocycles. The summed E-state index contributed by atoms with van der Waals surface area (Å²) in [5, 5.41) is 7.02. The van der Waals surface area contributed by atoms with Crippen LogP contribution in [0.25, 0.3) is 0 Å². The van der Waals surface area contributed by atoms with Gasteiger partial charge >= 0.3 is 16.4 Å². The van der Waals surface area contributed by atoms with E-state index in [1.54, 1.807) is 12.3 Å². The number of fused-ring (bicyclic) bond motifs is 2. The van der Waals surface area contributed by atoms with Crippen molar-refractivity contribution in [3.8, 4) is 0 Å². The fourth-order valence-electron chi connectivity index (χ4n) is 2.72. The second-order valence-electron chi connectivity index (χ2n) is 5.33. The quantitative estimate of drug-likeness (QED) is 0.429. The van der Waals surface area contributed by atoms with Crippen LogP contribution in [0.1, 0.15) is 18.5 Å². The van der Waals surface area contributed by atoms with Gasteiger partial charge in [0.05, 0.1) is 11.7 Å². The Balaban J connectivity index is 1.58. The summed E-state index contributed by atoms with van der Waals surface area (Å²) in [5.74, 6) is -0.536. The second-order valence-corrected chi connectivity index (χ2v) is 6.34. The maximum Gasteiger partial charge on any atom is 0.418 e. The van der Waals surface area contributed by atoms with E-state index in [1.807, 2.05) is 0 Å². The van der Waals surface area contributed by atoms with Gasteiger partial charge in [0.15, 0.2) is 0 Å². The highest BCUT2D eigenvalue weighted by Gasteiger charge is 2.49. The molecular formula is C11H15N5O7S. The van der Waals surface area contributed by atoms with Gasteiger partial charge in [-0.1, -0.05) is 0 Å². The van der Waals surface area contributed by atoms with Crippen LogP contribution in [0.5, 0.6) is 0 Å². The van der Waals surface area contributed by atoms with Gasteiger partial charge in [0, 0.05) is 12.7 Å². The van der Waals surface area contributed by atoms with E-state index in [0.29, 0.717) is 23.6 Å². The molecule has 2 atom stereocenters. The average molecular weight is 361 g/mol. The van der Waals surface area contributed by atoms with Crippen LogP contribution < -0.4 is 5.48 Å². The summed E-state index contributed by atoms with van der Waals surface area (Å²) in [6, 6.07) is -0.495. The van der Waals surface area contributed by atoms with Crippen molar-refractivity contribution in [2.75, 3.05) is 6.54 Å². The number of carbonyl (C=O) groups excluding carboxylic acids is 2. The van der Waals surface area contributed by atoms with Crippen molar-refractivity contribution in [2.24, 2.45) is 0 Å². The number of hydroxylamine groups is 3. The van der Waals surface area contributed by atoms with Crippen LogP contribution in [0.15, 0.2) is 12.3 Å². The lowest BCUT2D eigenvalue weighted by atomic mass is 10.0. The predicted molar refractivity (Wildman–Crippen MR) is 74.9 cm³/mol. The van der Waals surface area contributed by atoms with Crippen LogP contribution >= 0.6 is 0 Å². The van der Waals surface area contributed by atoms with Crippen molar-refractivity contribution < 1.29 is 31.7 Å². The summed E-state index contributed by atoms with van der Waals surface area (Å²) < 4.78 is 34.6. The first-order chi connectivity index (χ1) is 11.3. The van der Waals surface area contributed by atoms with E-state index in [1.165, 1.54) is 4.90 Å². The van der Waals surface area contributed by atoms with E-state index < -0.39 is 34.4 Å². The number of H-pyrrole nitrogens is 1. The largest absolute Gasteiger partial charge is 0.418 e. The molecule has 3 rings (SSSR count). The SMILES string of the molecule is O=C(NOCc1cc[nH]n1)[C@@H]1CCC2CN1C(=O)N2OS(=O)(=O)O. The lowest BCUT2D eigenvalue weighted by Crippen LogP contribution is -2.49. The molecular weight excluding hydrogens is 346 g/mol. The molecule has 2 bridgehead atoms. The Morgan fingerprint density at radius 3 is 2.96 bits per heavy atom. The van der Waals surface area contributed by atoms with Gasteiger partial charge in [-0.15, -0.1) is 4.28 Å². The fraction of sp³-hybridized carbons (Fsp3) is 0.545. The predicted octanol–water partition coefficient (Wildman–Crippen LogP) is -1.04. The third-order valence-corrected chi connectivity index (χ3v) is 4.10. The maximum absolute atomic E-state index is 12.2. The molecule has 13 heteroatoms.